The highest BCUT2D eigenvalue weighted by Gasteiger charge is 2.05. The molecule has 20 heavy (non-hydrogen) atoms. The van der Waals surface area contributed by atoms with Crippen molar-refractivity contribution in [3.63, 3.8) is 0 Å². The van der Waals surface area contributed by atoms with E-state index in [1.807, 2.05) is 37.3 Å². The van der Waals surface area contributed by atoms with E-state index < -0.39 is 0 Å². The van der Waals surface area contributed by atoms with Gasteiger partial charge < -0.3 is 10.1 Å². The lowest BCUT2D eigenvalue weighted by Crippen LogP contribution is -2.12. The molecule has 0 aliphatic rings. The number of nitrogens with one attached hydrogen (secondary N) is 1. The van der Waals surface area contributed by atoms with Crippen LogP contribution in [-0.4, -0.2) is 6.54 Å². The van der Waals surface area contributed by atoms with Crippen LogP contribution in [0.4, 0.5) is 4.39 Å². The third kappa shape index (κ3) is 4.32. The second kappa shape index (κ2) is 7.41. The standard InChI is InChI=1S/C16H17BrFNO/c1-2-19-10-12-3-8-16(18)13(9-12)11-20-15-6-4-14(17)5-7-15/h3-9,19H,2,10-11H2,1H3. The molecule has 0 saturated carbocycles. The van der Waals surface area contributed by atoms with Crippen molar-refractivity contribution >= 4 is 15.9 Å². The van der Waals surface area contributed by atoms with Crippen molar-refractivity contribution in [2.45, 2.75) is 20.1 Å². The first-order chi connectivity index (χ1) is 9.69. The number of benzene rings is 2. The average molecular weight is 338 g/mol. The number of hydrogen-bond donors (Lipinski definition) is 1. The van der Waals surface area contributed by atoms with Crippen LogP contribution < -0.4 is 10.1 Å². The minimum Gasteiger partial charge on any atom is -0.489 e. The Balaban J connectivity index is 2.02. The van der Waals surface area contributed by atoms with Gasteiger partial charge in [0.1, 0.15) is 18.2 Å². The molecular formula is C16H17BrFNO. The molecule has 0 aromatic heterocycles. The van der Waals surface area contributed by atoms with Gasteiger partial charge in [-0.2, -0.15) is 0 Å². The Kier molecular flexibility index (Phi) is 5.56. The zero-order valence-corrected chi connectivity index (χ0v) is 12.9. The predicted octanol–water partition coefficient (Wildman–Crippen LogP) is 4.28. The third-order valence-electron chi connectivity index (χ3n) is 2.90. The van der Waals surface area contributed by atoms with Crippen LogP contribution >= 0.6 is 15.9 Å². The van der Waals surface area contributed by atoms with Crippen LogP contribution in [0.2, 0.25) is 0 Å². The molecule has 0 atom stereocenters. The van der Waals surface area contributed by atoms with Crippen LogP contribution in [0.25, 0.3) is 0 Å². The minimum absolute atomic E-state index is 0.230. The smallest absolute Gasteiger partial charge is 0.129 e. The number of rotatable bonds is 6. The second-order valence-electron chi connectivity index (χ2n) is 4.45. The van der Waals surface area contributed by atoms with E-state index in [0.717, 1.165) is 28.9 Å². The van der Waals surface area contributed by atoms with Gasteiger partial charge in [-0.25, -0.2) is 4.39 Å². The van der Waals surface area contributed by atoms with Gasteiger partial charge in [0.05, 0.1) is 0 Å². The Hall–Kier alpha value is -1.39. The molecule has 2 nitrogen and oxygen atoms in total. The molecule has 0 amide bonds. The number of hydrogen-bond acceptors (Lipinski definition) is 2. The van der Waals surface area contributed by atoms with Crippen molar-refractivity contribution in [2.75, 3.05) is 6.54 Å². The molecule has 1 N–H and O–H groups in total. The Labute approximate surface area is 127 Å². The summed E-state index contributed by atoms with van der Waals surface area (Å²) in [5.74, 6) is 0.493. The summed E-state index contributed by atoms with van der Waals surface area (Å²) >= 11 is 3.36. The largest absolute Gasteiger partial charge is 0.489 e. The summed E-state index contributed by atoms with van der Waals surface area (Å²) in [5, 5.41) is 3.22. The van der Waals surface area contributed by atoms with E-state index in [-0.39, 0.29) is 12.4 Å². The number of ether oxygens (including phenoxy) is 1. The molecule has 0 aliphatic heterocycles. The van der Waals surface area contributed by atoms with Crippen LogP contribution in [0.1, 0.15) is 18.1 Å². The molecular weight excluding hydrogens is 321 g/mol. The van der Waals surface area contributed by atoms with Gasteiger partial charge in [0, 0.05) is 16.6 Å². The van der Waals surface area contributed by atoms with Gasteiger partial charge in [0.15, 0.2) is 0 Å². The maximum absolute atomic E-state index is 13.8. The van der Waals surface area contributed by atoms with E-state index in [9.17, 15) is 4.39 Å². The van der Waals surface area contributed by atoms with Crippen LogP contribution in [0, 0.1) is 5.82 Å². The highest BCUT2D eigenvalue weighted by Crippen LogP contribution is 2.18. The van der Waals surface area contributed by atoms with Crippen molar-refractivity contribution in [1.29, 1.82) is 0 Å². The predicted molar refractivity (Wildman–Crippen MR) is 82.3 cm³/mol. The quantitative estimate of drug-likeness (QED) is 0.849. The summed E-state index contributed by atoms with van der Waals surface area (Å²) < 4.78 is 20.3. The van der Waals surface area contributed by atoms with Gasteiger partial charge in [-0.1, -0.05) is 28.9 Å². The molecule has 4 heteroatoms. The van der Waals surface area contributed by atoms with E-state index in [1.165, 1.54) is 6.07 Å². The Morgan fingerprint density at radius 2 is 1.90 bits per heavy atom. The highest BCUT2D eigenvalue weighted by molar-refractivity contribution is 9.10. The lowest BCUT2D eigenvalue weighted by Gasteiger charge is -2.09. The molecule has 0 heterocycles. The van der Waals surface area contributed by atoms with Crippen LogP contribution in [-0.2, 0) is 13.2 Å². The van der Waals surface area contributed by atoms with Gasteiger partial charge >= 0.3 is 0 Å². The SMILES string of the molecule is CCNCc1ccc(F)c(COc2ccc(Br)cc2)c1. The summed E-state index contributed by atoms with van der Waals surface area (Å²) in [7, 11) is 0. The number of halogens is 2. The Morgan fingerprint density at radius 1 is 1.15 bits per heavy atom. The molecule has 2 aromatic rings. The minimum atomic E-state index is -0.234. The summed E-state index contributed by atoms with van der Waals surface area (Å²) in [6.45, 7) is 3.90. The summed E-state index contributed by atoms with van der Waals surface area (Å²) in [5.41, 5.74) is 1.63. The molecule has 2 rings (SSSR count). The molecule has 0 spiro atoms. The average Bonchev–Trinajstić information content (AvgIpc) is 2.46. The molecule has 0 bridgehead atoms. The Morgan fingerprint density at radius 3 is 2.60 bits per heavy atom. The fourth-order valence-corrected chi connectivity index (χ4v) is 2.07. The van der Waals surface area contributed by atoms with Crippen LogP contribution in [0.15, 0.2) is 46.9 Å². The van der Waals surface area contributed by atoms with E-state index in [0.29, 0.717) is 5.56 Å². The fraction of sp³-hybridized carbons (Fsp3) is 0.250. The lowest BCUT2D eigenvalue weighted by atomic mass is 10.1. The van der Waals surface area contributed by atoms with Crippen molar-refractivity contribution in [3.05, 3.63) is 63.9 Å². The first-order valence-electron chi connectivity index (χ1n) is 6.55. The van der Waals surface area contributed by atoms with Gasteiger partial charge in [-0.3, -0.25) is 0 Å². The zero-order chi connectivity index (χ0) is 14.4. The Bertz CT molecular complexity index is 557. The molecule has 0 unspecified atom stereocenters. The summed E-state index contributed by atoms with van der Waals surface area (Å²) in [6.07, 6.45) is 0. The third-order valence-corrected chi connectivity index (χ3v) is 3.43. The van der Waals surface area contributed by atoms with Gasteiger partial charge in [0.2, 0.25) is 0 Å². The fourth-order valence-electron chi connectivity index (χ4n) is 1.81. The van der Waals surface area contributed by atoms with Gasteiger partial charge in [0.25, 0.3) is 0 Å². The molecule has 2 aromatic carbocycles. The molecule has 106 valence electrons. The van der Waals surface area contributed by atoms with E-state index >= 15 is 0 Å². The molecule has 0 radical (unpaired) electrons. The first kappa shape index (κ1) is 15.0. The maximum atomic E-state index is 13.8. The van der Waals surface area contributed by atoms with Gasteiger partial charge in [-0.15, -0.1) is 0 Å². The topological polar surface area (TPSA) is 21.3 Å². The van der Waals surface area contributed by atoms with E-state index in [4.69, 9.17) is 4.74 Å². The summed E-state index contributed by atoms with van der Waals surface area (Å²) in [4.78, 5) is 0. The normalized spacial score (nSPS) is 10.6. The van der Waals surface area contributed by atoms with E-state index in [2.05, 4.69) is 21.2 Å². The van der Waals surface area contributed by atoms with Crippen LogP contribution in [0.5, 0.6) is 5.75 Å². The monoisotopic (exact) mass is 337 g/mol. The molecule has 0 aliphatic carbocycles. The van der Waals surface area contributed by atoms with Crippen molar-refractivity contribution in [3.8, 4) is 5.75 Å². The van der Waals surface area contributed by atoms with Gasteiger partial charge in [-0.05, 0) is 48.5 Å². The van der Waals surface area contributed by atoms with E-state index in [1.54, 1.807) is 6.07 Å². The van der Waals surface area contributed by atoms with Crippen molar-refractivity contribution in [1.82, 2.24) is 5.32 Å². The maximum Gasteiger partial charge on any atom is 0.129 e. The van der Waals surface area contributed by atoms with Crippen molar-refractivity contribution < 1.29 is 9.13 Å². The first-order valence-corrected chi connectivity index (χ1v) is 7.34. The molecule has 0 fully saturated rings. The second-order valence-corrected chi connectivity index (χ2v) is 5.36. The van der Waals surface area contributed by atoms with Crippen LogP contribution in [0.3, 0.4) is 0 Å². The highest BCUT2D eigenvalue weighted by atomic mass is 79.9. The molecule has 0 saturated heterocycles. The lowest BCUT2D eigenvalue weighted by molar-refractivity contribution is 0.299. The van der Waals surface area contributed by atoms with Crippen molar-refractivity contribution in [2.24, 2.45) is 0 Å². The summed E-state index contributed by atoms with van der Waals surface area (Å²) in [6, 6.07) is 12.6. The zero-order valence-electron chi connectivity index (χ0n) is 11.3.